The van der Waals surface area contributed by atoms with E-state index in [1.54, 1.807) is 36.6 Å². The molecule has 9 heteroatoms. The molecule has 3 rings (SSSR count). The molecule has 1 heterocycles. The summed E-state index contributed by atoms with van der Waals surface area (Å²) >= 11 is 1.15. The number of anilines is 1. The number of hydrogen-bond acceptors (Lipinski definition) is 6. The minimum atomic E-state index is -0.969. The van der Waals surface area contributed by atoms with Crippen LogP contribution in [0.5, 0.6) is 5.75 Å². The van der Waals surface area contributed by atoms with Gasteiger partial charge in [-0.1, -0.05) is 0 Å². The van der Waals surface area contributed by atoms with Crippen molar-refractivity contribution < 1.29 is 27.8 Å². The summed E-state index contributed by atoms with van der Waals surface area (Å²) in [5.41, 5.74) is 1.20. The Hall–Kier alpha value is -3.33. The summed E-state index contributed by atoms with van der Waals surface area (Å²) in [6.07, 6.45) is 0. The van der Waals surface area contributed by atoms with Crippen molar-refractivity contribution in [2.24, 2.45) is 0 Å². The van der Waals surface area contributed by atoms with Gasteiger partial charge in [0.05, 0.1) is 17.9 Å². The minimum Gasteiger partial charge on any atom is -0.484 e. The number of carbonyl (C=O) groups is 2. The highest BCUT2D eigenvalue weighted by Gasteiger charge is 2.11. The molecule has 0 aliphatic heterocycles. The summed E-state index contributed by atoms with van der Waals surface area (Å²) in [5, 5.41) is 4.50. The molecule has 150 valence electrons. The first kappa shape index (κ1) is 20.4. The van der Waals surface area contributed by atoms with Crippen molar-refractivity contribution in [1.29, 1.82) is 0 Å². The number of hydrogen-bond donors (Lipinski definition) is 1. The molecule has 1 amide bonds. The Morgan fingerprint density at radius 1 is 1.10 bits per heavy atom. The first-order valence-electron chi connectivity index (χ1n) is 8.57. The van der Waals surface area contributed by atoms with E-state index in [2.05, 4.69) is 10.3 Å². The highest BCUT2D eigenvalue weighted by Crippen LogP contribution is 2.26. The third kappa shape index (κ3) is 5.35. The fraction of sp³-hybridized carbons (Fsp3) is 0.150. The molecule has 0 fully saturated rings. The zero-order valence-corrected chi connectivity index (χ0v) is 16.1. The van der Waals surface area contributed by atoms with Gasteiger partial charge in [0.25, 0.3) is 5.91 Å². The zero-order chi connectivity index (χ0) is 20.8. The number of aromatic nitrogens is 1. The van der Waals surface area contributed by atoms with Crippen LogP contribution in [0.4, 0.5) is 13.9 Å². The predicted octanol–water partition coefficient (Wildman–Crippen LogP) is 4.28. The van der Waals surface area contributed by atoms with Crippen molar-refractivity contribution in [2.75, 3.05) is 18.5 Å². The lowest BCUT2D eigenvalue weighted by atomic mass is 10.2. The van der Waals surface area contributed by atoms with E-state index in [9.17, 15) is 18.4 Å². The second-order valence-electron chi connectivity index (χ2n) is 5.75. The molecule has 0 unspecified atom stereocenters. The van der Waals surface area contributed by atoms with E-state index in [4.69, 9.17) is 9.47 Å². The molecule has 1 N–H and O–H groups in total. The zero-order valence-electron chi connectivity index (χ0n) is 15.3. The van der Waals surface area contributed by atoms with Gasteiger partial charge < -0.3 is 9.47 Å². The van der Waals surface area contributed by atoms with E-state index in [-0.39, 0.29) is 13.2 Å². The van der Waals surface area contributed by atoms with E-state index >= 15 is 0 Å². The molecular formula is C20H16F2N2O4S. The Kier molecular flexibility index (Phi) is 6.50. The molecule has 1 aromatic heterocycles. The van der Waals surface area contributed by atoms with Crippen molar-refractivity contribution in [3.63, 3.8) is 0 Å². The van der Waals surface area contributed by atoms with E-state index in [0.29, 0.717) is 27.7 Å². The van der Waals surface area contributed by atoms with E-state index in [0.717, 1.165) is 23.5 Å². The van der Waals surface area contributed by atoms with Crippen LogP contribution >= 0.6 is 11.3 Å². The van der Waals surface area contributed by atoms with E-state index < -0.39 is 23.5 Å². The van der Waals surface area contributed by atoms with Crippen LogP contribution in [0.2, 0.25) is 0 Å². The summed E-state index contributed by atoms with van der Waals surface area (Å²) in [6.45, 7) is 1.74. The van der Waals surface area contributed by atoms with Crippen LogP contribution in [0.15, 0.2) is 47.8 Å². The largest absolute Gasteiger partial charge is 0.484 e. The molecule has 0 aliphatic carbocycles. The van der Waals surface area contributed by atoms with Gasteiger partial charge in [0.15, 0.2) is 23.4 Å². The lowest BCUT2D eigenvalue weighted by Crippen LogP contribution is -2.20. The molecule has 0 atom stereocenters. The molecule has 0 radical (unpaired) electrons. The van der Waals surface area contributed by atoms with Crippen LogP contribution in [0.1, 0.15) is 17.3 Å². The average Bonchev–Trinajstić information content (AvgIpc) is 3.17. The van der Waals surface area contributed by atoms with Crippen LogP contribution in [0.25, 0.3) is 11.3 Å². The number of nitrogens with zero attached hydrogens (tertiary/aromatic N) is 1. The average molecular weight is 418 g/mol. The predicted molar refractivity (Wildman–Crippen MR) is 104 cm³/mol. The smallest absolute Gasteiger partial charge is 0.338 e. The second-order valence-corrected chi connectivity index (χ2v) is 6.61. The summed E-state index contributed by atoms with van der Waals surface area (Å²) in [4.78, 5) is 27.8. The Balaban J connectivity index is 1.54. The lowest BCUT2D eigenvalue weighted by Gasteiger charge is -2.07. The molecule has 3 aromatic rings. The molecule has 29 heavy (non-hydrogen) atoms. The molecule has 0 saturated heterocycles. The number of carbonyl (C=O) groups excluding carboxylic acids is 2. The quantitative estimate of drug-likeness (QED) is 0.580. The molecule has 2 aromatic carbocycles. The number of thiazole rings is 1. The molecule has 0 bridgehead atoms. The SMILES string of the molecule is CCOC(=O)c1ccc(OCC(=O)Nc2nc(-c3ccc(F)c(F)c3)cs2)cc1. The second kappa shape index (κ2) is 9.24. The van der Waals surface area contributed by atoms with Gasteiger partial charge in [-0.15, -0.1) is 11.3 Å². The number of rotatable bonds is 7. The van der Waals surface area contributed by atoms with Gasteiger partial charge in [-0.05, 0) is 49.4 Å². The first-order valence-corrected chi connectivity index (χ1v) is 9.45. The summed E-state index contributed by atoms with van der Waals surface area (Å²) in [6, 6.07) is 9.67. The topological polar surface area (TPSA) is 77.5 Å². The summed E-state index contributed by atoms with van der Waals surface area (Å²) < 4.78 is 36.6. The van der Waals surface area contributed by atoms with Crippen LogP contribution in [0, 0.1) is 11.6 Å². The third-order valence-corrected chi connectivity index (χ3v) is 4.46. The third-order valence-electron chi connectivity index (χ3n) is 3.70. The highest BCUT2D eigenvalue weighted by molar-refractivity contribution is 7.14. The maximum Gasteiger partial charge on any atom is 0.338 e. The van der Waals surface area contributed by atoms with Gasteiger partial charge in [-0.3, -0.25) is 10.1 Å². The number of esters is 1. The standard InChI is InChI=1S/C20H16F2N2O4S/c1-2-27-19(26)12-3-6-14(7-4-12)28-10-18(25)24-20-23-17(11-29-20)13-5-8-15(21)16(22)9-13/h3-9,11H,2,10H2,1H3,(H,23,24,25). The summed E-state index contributed by atoms with van der Waals surface area (Å²) in [5.74, 6) is -2.37. The van der Waals surface area contributed by atoms with Crippen LogP contribution in [0.3, 0.4) is 0 Å². The molecule has 0 saturated carbocycles. The first-order chi connectivity index (χ1) is 14.0. The van der Waals surface area contributed by atoms with Crippen molar-refractivity contribution in [2.45, 2.75) is 6.92 Å². The number of nitrogens with one attached hydrogen (secondary N) is 1. The number of benzene rings is 2. The monoisotopic (exact) mass is 418 g/mol. The number of halogens is 2. The lowest BCUT2D eigenvalue weighted by molar-refractivity contribution is -0.118. The number of amides is 1. The van der Waals surface area contributed by atoms with Crippen LogP contribution < -0.4 is 10.1 Å². The Bertz CT molecular complexity index is 1020. The fourth-order valence-corrected chi connectivity index (χ4v) is 3.06. The van der Waals surface area contributed by atoms with Crippen LogP contribution in [-0.4, -0.2) is 30.1 Å². The fourth-order valence-electron chi connectivity index (χ4n) is 2.33. The molecule has 6 nitrogen and oxygen atoms in total. The van der Waals surface area contributed by atoms with Crippen molar-refractivity contribution in [3.8, 4) is 17.0 Å². The molecule has 0 aliphatic rings. The van der Waals surface area contributed by atoms with E-state index in [1.165, 1.54) is 6.07 Å². The van der Waals surface area contributed by atoms with Gasteiger partial charge >= 0.3 is 5.97 Å². The van der Waals surface area contributed by atoms with Gasteiger partial charge in [0.2, 0.25) is 0 Å². The van der Waals surface area contributed by atoms with Crippen molar-refractivity contribution in [3.05, 3.63) is 65.0 Å². The van der Waals surface area contributed by atoms with Gasteiger partial charge in [-0.25, -0.2) is 18.6 Å². The Morgan fingerprint density at radius 2 is 1.86 bits per heavy atom. The van der Waals surface area contributed by atoms with Crippen LogP contribution in [-0.2, 0) is 9.53 Å². The summed E-state index contributed by atoms with van der Waals surface area (Å²) in [7, 11) is 0. The maximum absolute atomic E-state index is 13.3. The van der Waals surface area contributed by atoms with Crippen molar-refractivity contribution >= 4 is 28.3 Å². The maximum atomic E-state index is 13.3. The van der Waals surface area contributed by atoms with Gasteiger partial charge in [0.1, 0.15) is 5.75 Å². The Labute approximate surface area is 169 Å². The normalized spacial score (nSPS) is 10.4. The molecular weight excluding hydrogens is 402 g/mol. The van der Waals surface area contributed by atoms with Gasteiger partial charge in [-0.2, -0.15) is 0 Å². The van der Waals surface area contributed by atoms with Gasteiger partial charge in [0, 0.05) is 10.9 Å². The Morgan fingerprint density at radius 3 is 2.55 bits per heavy atom. The minimum absolute atomic E-state index is 0.265. The highest BCUT2D eigenvalue weighted by atomic mass is 32.1. The molecule has 0 spiro atoms. The number of ether oxygens (including phenoxy) is 2. The van der Waals surface area contributed by atoms with Crippen molar-refractivity contribution in [1.82, 2.24) is 4.98 Å². The van der Waals surface area contributed by atoms with E-state index in [1.807, 2.05) is 0 Å².